The van der Waals surface area contributed by atoms with Gasteiger partial charge >= 0.3 is 0 Å². The first-order chi connectivity index (χ1) is 8.48. The maximum Gasteiger partial charge on any atom is 0.244 e. The summed E-state index contributed by atoms with van der Waals surface area (Å²) in [5, 5.41) is 2.88. The Morgan fingerprint density at radius 2 is 1.85 bits per heavy atom. The fourth-order valence-electron chi connectivity index (χ4n) is 1.62. The summed E-state index contributed by atoms with van der Waals surface area (Å²) in [4.78, 5) is 14.2. The van der Waals surface area contributed by atoms with Gasteiger partial charge in [0.25, 0.3) is 0 Å². The molecule has 1 amide bonds. The van der Waals surface area contributed by atoms with Crippen molar-refractivity contribution in [2.45, 2.75) is 19.4 Å². The molecule has 20 heavy (non-hydrogen) atoms. The van der Waals surface area contributed by atoms with Crippen molar-refractivity contribution < 1.29 is 4.79 Å². The average Bonchev–Trinajstić information content (AvgIpc) is 2.39. The van der Waals surface area contributed by atoms with Crippen LogP contribution in [0.4, 0.5) is 0 Å². The number of likely N-dealkylation sites (N-methyl/N-ethyl adjacent to an activating group) is 1. The number of rotatable bonds is 6. The molecular weight excluding hydrogens is 297 g/mol. The topological polar surface area (TPSA) is 58.4 Å². The molecule has 116 valence electrons. The summed E-state index contributed by atoms with van der Waals surface area (Å²) >= 11 is 0. The Labute approximate surface area is 133 Å². The molecule has 0 aliphatic heterocycles. The molecule has 1 atom stereocenters. The molecule has 0 fully saturated rings. The smallest absolute Gasteiger partial charge is 0.244 e. The maximum absolute atomic E-state index is 12.1. The minimum absolute atomic E-state index is 0. The van der Waals surface area contributed by atoms with E-state index in [1.165, 1.54) is 0 Å². The summed E-state index contributed by atoms with van der Waals surface area (Å²) < 4.78 is 0. The first-order valence-electron chi connectivity index (χ1n) is 6.29. The fraction of sp³-hybridized carbons (Fsp3) is 0.500. The molecule has 0 saturated heterocycles. The maximum atomic E-state index is 12.1. The van der Waals surface area contributed by atoms with E-state index in [1.807, 2.05) is 37.4 Å². The molecule has 0 radical (unpaired) electrons. The van der Waals surface area contributed by atoms with Crippen LogP contribution in [0.25, 0.3) is 0 Å². The number of hydrogen-bond acceptors (Lipinski definition) is 3. The van der Waals surface area contributed by atoms with Crippen LogP contribution in [-0.2, 0) is 10.3 Å². The molecule has 0 aliphatic rings. The SMILES string of the molecule is CCN(C)CCNC(=O)C(C)(N)c1ccccc1.Cl.Cl. The number of nitrogens with one attached hydrogen (secondary N) is 1. The minimum Gasteiger partial charge on any atom is -0.353 e. The molecule has 0 aromatic heterocycles. The first kappa shape index (κ1) is 21.5. The fourth-order valence-corrected chi connectivity index (χ4v) is 1.62. The molecular formula is C14H25Cl2N3O. The molecule has 1 aromatic carbocycles. The number of carbonyl (C=O) groups excluding carboxylic acids is 1. The Hall–Kier alpha value is -0.810. The van der Waals surface area contributed by atoms with Gasteiger partial charge in [0.1, 0.15) is 5.54 Å². The third-order valence-corrected chi connectivity index (χ3v) is 3.16. The normalized spacial score (nSPS) is 12.8. The lowest BCUT2D eigenvalue weighted by molar-refractivity contribution is -0.126. The van der Waals surface area contributed by atoms with Crippen LogP contribution >= 0.6 is 24.8 Å². The quantitative estimate of drug-likeness (QED) is 0.839. The molecule has 0 saturated carbocycles. The van der Waals surface area contributed by atoms with Gasteiger partial charge in [-0.1, -0.05) is 37.3 Å². The summed E-state index contributed by atoms with van der Waals surface area (Å²) in [6, 6.07) is 9.43. The zero-order valence-electron chi connectivity index (χ0n) is 12.3. The molecule has 1 rings (SSSR count). The van der Waals surface area contributed by atoms with E-state index < -0.39 is 5.54 Å². The van der Waals surface area contributed by atoms with E-state index >= 15 is 0 Å². The number of hydrogen-bond donors (Lipinski definition) is 2. The second kappa shape index (κ2) is 10.00. The monoisotopic (exact) mass is 321 g/mol. The zero-order valence-corrected chi connectivity index (χ0v) is 13.9. The Morgan fingerprint density at radius 1 is 1.30 bits per heavy atom. The molecule has 6 heteroatoms. The predicted molar refractivity (Wildman–Crippen MR) is 88.7 cm³/mol. The van der Waals surface area contributed by atoms with E-state index in [1.54, 1.807) is 6.92 Å². The van der Waals surface area contributed by atoms with Crippen LogP contribution in [0, 0.1) is 0 Å². The second-order valence-electron chi connectivity index (χ2n) is 4.72. The summed E-state index contributed by atoms with van der Waals surface area (Å²) in [6.45, 7) is 6.23. The molecule has 1 unspecified atom stereocenters. The van der Waals surface area contributed by atoms with E-state index in [4.69, 9.17) is 5.73 Å². The van der Waals surface area contributed by atoms with Gasteiger partial charge in [0.2, 0.25) is 5.91 Å². The van der Waals surface area contributed by atoms with Crippen LogP contribution in [0.1, 0.15) is 19.4 Å². The van der Waals surface area contributed by atoms with Gasteiger partial charge in [-0.15, -0.1) is 24.8 Å². The summed E-state index contributed by atoms with van der Waals surface area (Å²) in [6.07, 6.45) is 0. The Balaban J connectivity index is 0. The van der Waals surface area contributed by atoms with Crippen molar-refractivity contribution >= 4 is 30.7 Å². The van der Waals surface area contributed by atoms with Gasteiger partial charge in [0.15, 0.2) is 0 Å². The number of nitrogens with zero attached hydrogens (tertiary/aromatic N) is 1. The second-order valence-corrected chi connectivity index (χ2v) is 4.72. The zero-order chi connectivity index (χ0) is 13.6. The highest BCUT2D eigenvalue weighted by atomic mass is 35.5. The largest absolute Gasteiger partial charge is 0.353 e. The van der Waals surface area contributed by atoms with Gasteiger partial charge in [0, 0.05) is 13.1 Å². The lowest BCUT2D eigenvalue weighted by Gasteiger charge is -2.24. The van der Waals surface area contributed by atoms with Crippen molar-refractivity contribution in [2.75, 3.05) is 26.7 Å². The van der Waals surface area contributed by atoms with Gasteiger partial charge in [-0.05, 0) is 26.1 Å². The van der Waals surface area contributed by atoms with Gasteiger partial charge in [-0.3, -0.25) is 4.79 Å². The van der Waals surface area contributed by atoms with Crippen LogP contribution in [0.15, 0.2) is 30.3 Å². The van der Waals surface area contributed by atoms with Crippen molar-refractivity contribution in [3.63, 3.8) is 0 Å². The number of carbonyl (C=O) groups is 1. The van der Waals surface area contributed by atoms with E-state index in [9.17, 15) is 4.79 Å². The predicted octanol–water partition coefficient (Wildman–Crippen LogP) is 1.77. The number of amides is 1. The summed E-state index contributed by atoms with van der Waals surface area (Å²) in [5.41, 5.74) is 5.95. The minimum atomic E-state index is -0.980. The Bertz CT molecular complexity index is 385. The molecule has 4 nitrogen and oxygen atoms in total. The van der Waals surface area contributed by atoms with Crippen LogP contribution in [0.3, 0.4) is 0 Å². The molecule has 0 bridgehead atoms. The number of benzene rings is 1. The molecule has 1 aromatic rings. The van der Waals surface area contributed by atoms with E-state index in [0.29, 0.717) is 6.54 Å². The van der Waals surface area contributed by atoms with Crippen molar-refractivity contribution in [3.05, 3.63) is 35.9 Å². The van der Waals surface area contributed by atoms with Crippen molar-refractivity contribution in [3.8, 4) is 0 Å². The molecule has 0 heterocycles. The van der Waals surface area contributed by atoms with Crippen LogP contribution in [0.5, 0.6) is 0 Å². The molecule has 0 spiro atoms. The standard InChI is InChI=1S/C14H23N3O.2ClH/c1-4-17(3)11-10-16-13(18)14(2,15)12-8-6-5-7-9-12;;/h5-9H,4,10-11,15H2,1-3H3,(H,16,18);2*1H. The Morgan fingerprint density at radius 3 is 2.35 bits per heavy atom. The van der Waals surface area contributed by atoms with E-state index in [0.717, 1.165) is 18.7 Å². The van der Waals surface area contributed by atoms with Gasteiger partial charge in [-0.2, -0.15) is 0 Å². The highest BCUT2D eigenvalue weighted by molar-refractivity contribution is 5.87. The summed E-state index contributed by atoms with van der Waals surface area (Å²) in [7, 11) is 2.02. The first-order valence-corrected chi connectivity index (χ1v) is 6.29. The lowest BCUT2D eigenvalue weighted by Crippen LogP contribution is -2.50. The number of nitrogens with two attached hydrogens (primary N) is 1. The van der Waals surface area contributed by atoms with Crippen LogP contribution in [0.2, 0.25) is 0 Å². The van der Waals surface area contributed by atoms with Crippen LogP contribution in [-0.4, -0.2) is 37.5 Å². The summed E-state index contributed by atoms with van der Waals surface area (Å²) in [5.74, 6) is -0.141. The number of halogens is 2. The lowest BCUT2D eigenvalue weighted by atomic mass is 9.92. The van der Waals surface area contributed by atoms with Gasteiger partial charge < -0.3 is 16.0 Å². The van der Waals surface area contributed by atoms with E-state index in [-0.39, 0.29) is 30.7 Å². The molecule has 3 N–H and O–H groups in total. The molecule has 0 aliphatic carbocycles. The highest BCUT2D eigenvalue weighted by Crippen LogP contribution is 2.16. The average molecular weight is 322 g/mol. The highest BCUT2D eigenvalue weighted by Gasteiger charge is 2.29. The third-order valence-electron chi connectivity index (χ3n) is 3.16. The Kier molecular flexibility index (Phi) is 10.7. The van der Waals surface area contributed by atoms with Crippen molar-refractivity contribution in [1.29, 1.82) is 0 Å². The van der Waals surface area contributed by atoms with Crippen molar-refractivity contribution in [2.24, 2.45) is 5.73 Å². The third kappa shape index (κ3) is 6.09. The van der Waals surface area contributed by atoms with Crippen LogP contribution < -0.4 is 11.1 Å². The van der Waals surface area contributed by atoms with E-state index in [2.05, 4.69) is 17.1 Å². The van der Waals surface area contributed by atoms with Gasteiger partial charge in [0.05, 0.1) is 0 Å². The van der Waals surface area contributed by atoms with Crippen molar-refractivity contribution in [1.82, 2.24) is 10.2 Å². The van der Waals surface area contributed by atoms with Gasteiger partial charge in [-0.25, -0.2) is 0 Å².